The molecule has 1 unspecified atom stereocenters. The number of rotatable bonds is 8. The molecule has 0 radical (unpaired) electrons. The van der Waals surface area contributed by atoms with Gasteiger partial charge in [-0.05, 0) is 23.5 Å². The molecule has 0 fully saturated rings. The van der Waals surface area contributed by atoms with Gasteiger partial charge >= 0.3 is 5.97 Å². The fourth-order valence-corrected chi connectivity index (χ4v) is 2.96. The molecule has 2 aromatic rings. The lowest BCUT2D eigenvalue weighted by molar-refractivity contribution is -0.131. The molecule has 0 aliphatic rings. The van der Waals surface area contributed by atoms with Gasteiger partial charge in [-0.1, -0.05) is 74.5 Å². The Labute approximate surface area is 154 Å². The summed E-state index contributed by atoms with van der Waals surface area (Å²) in [7, 11) is 0. The molecule has 1 atom stereocenters. The Morgan fingerprint density at radius 3 is 1.85 bits per heavy atom. The average molecular weight is 351 g/mol. The first-order valence-electron chi connectivity index (χ1n) is 8.78. The van der Waals surface area contributed by atoms with Crippen molar-refractivity contribution in [3.8, 4) is 0 Å². The van der Waals surface area contributed by atoms with Crippen LogP contribution in [-0.2, 0) is 9.59 Å². The molecule has 0 aliphatic carbocycles. The minimum atomic E-state index is -1.13. The first kappa shape index (κ1) is 19.4. The van der Waals surface area contributed by atoms with Crippen molar-refractivity contribution < 1.29 is 14.7 Å². The van der Waals surface area contributed by atoms with Crippen LogP contribution in [0.4, 0.5) is 0 Å². The van der Waals surface area contributed by atoms with E-state index in [1.165, 1.54) is 11.1 Å². The molecule has 26 heavy (non-hydrogen) atoms. The summed E-state index contributed by atoms with van der Waals surface area (Å²) in [6.45, 7) is 4.11. The molecular weight excluding hydrogens is 326 g/mol. The van der Waals surface area contributed by atoms with Crippen LogP contribution in [0.2, 0.25) is 0 Å². The van der Waals surface area contributed by atoms with Crippen LogP contribution in [0.5, 0.6) is 0 Å². The van der Waals surface area contributed by atoms with Gasteiger partial charge in [0, 0.05) is 24.1 Å². The smallest absolute Gasteiger partial charge is 0.328 e. The van der Waals surface area contributed by atoms with Gasteiger partial charge in [-0.3, -0.25) is 4.79 Å². The number of amides is 1. The Bertz CT molecular complexity index is 699. The van der Waals surface area contributed by atoms with Crippen molar-refractivity contribution in [1.29, 1.82) is 0 Å². The highest BCUT2D eigenvalue weighted by atomic mass is 16.4. The summed E-state index contributed by atoms with van der Waals surface area (Å²) in [5, 5.41) is 11.6. The van der Waals surface area contributed by atoms with Crippen molar-refractivity contribution >= 4 is 11.9 Å². The number of nitrogens with one attached hydrogen (secondary N) is 1. The Kier molecular flexibility index (Phi) is 7.15. The summed E-state index contributed by atoms with van der Waals surface area (Å²) < 4.78 is 0. The predicted molar refractivity (Wildman–Crippen MR) is 103 cm³/mol. The molecule has 0 saturated heterocycles. The average Bonchev–Trinajstić information content (AvgIpc) is 2.64. The zero-order chi connectivity index (χ0) is 18.9. The number of aliphatic carboxylic acids is 1. The second kappa shape index (κ2) is 9.56. The van der Waals surface area contributed by atoms with E-state index >= 15 is 0 Å². The van der Waals surface area contributed by atoms with E-state index in [4.69, 9.17) is 5.11 Å². The van der Waals surface area contributed by atoms with Crippen LogP contribution in [0.1, 0.15) is 37.3 Å². The van der Waals surface area contributed by atoms with Gasteiger partial charge in [-0.25, -0.2) is 4.79 Å². The lowest BCUT2D eigenvalue weighted by Crippen LogP contribution is -2.39. The molecule has 0 aromatic heterocycles. The molecular formula is C22H25NO3. The third-order valence-electron chi connectivity index (χ3n) is 4.40. The third-order valence-corrected chi connectivity index (χ3v) is 4.40. The predicted octanol–water partition coefficient (Wildman–Crippen LogP) is 3.99. The number of benzene rings is 2. The molecule has 0 bridgehead atoms. The number of carbonyl (C=O) groups excluding carboxylic acids is 1. The van der Waals surface area contributed by atoms with Crippen LogP contribution in [-0.4, -0.2) is 23.0 Å². The van der Waals surface area contributed by atoms with E-state index in [-0.39, 0.29) is 23.8 Å². The topological polar surface area (TPSA) is 66.4 Å². The number of hydrogen-bond donors (Lipinski definition) is 2. The Morgan fingerprint density at radius 1 is 0.923 bits per heavy atom. The monoisotopic (exact) mass is 351 g/mol. The van der Waals surface area contributed by atoms with Crippen molar-refractivity contribution in [1.82, 2.24) is 5.32 Å². The fraction of sp³-hybridized carbons (Fsp3) is 0.273. The van der Waals surface area contributed by atoms with Crippen LogP contribution in [0.25, 0.3) is 0 Å². The van der Waals surface area contributed by atoms with Crippen LogP contribution >= 0.6 is 0 Å². The molecule has 0 spiro atoms. The maximum atomic E-state index is 12.1. The molecule has 136 valence electrons. The van der Waals surface area contributed by atoms with E-state index in [1.807, 2.05) is 36.4 Å². The summed E-state index contributed by atoms with van der Waals surface area (Å²) >= 11 is 0. The van der Waals surface area contributed by atoms with Gasteiger partial charge in [0.25, 0.3) is 0 Å². The van der Waals surface area contributed by atoms with Crippen LogP contribution in [0.15, 0.2) is 72.8 Å². The standard InChI is InChI=1S/C22H25NO3/c1-16(2)20(23-21(24)13-14-22(25)26)15-19(17-9-5-3-6-10-17)18-11-7-4-8-12-18/h3-14,16,19-20H,15H2,1-2H3,(H,23,24)(H,25,26). The van der Waals surface area contributed by atoms with Gasteiger partial charge in [0.1, 0.15) is 0 Å². The normalized spacial score (nSPS) is 12.5. The molecule has 0 heterocycles. The minimum absolute atomic E-state index is 0.0774. The summed E-state index contributed by atoms with van der Waals surface area (Å²) in [5.74, 6) is -1.15. The van der Waals surface area contributed by atoms with Gasteiger partial charge in [0.15, 0.2) is 0 Å². The fourth-order valence-electron chi connectivity index (χ4n) is 2.96. The van der Waals surface area contributed by atoms with Crippen molar-refractivity contribution in [3.63, 3.8) is 0 Å². The van der Waals surface area contributed by atoms with E-state index in [9.17, 15) is 9.59 Å². The molecule has 0 saturated carbocycles. The molecule has 2 N–H and O–H groups in total. The van der Waals surface area contributed by atoms with Crippen LogP contribution < -0.4 is 5.32 Å². The Morgan fingerprint density at radius 2 is 1.42 bits per heavy atom. The summed E-state index contributed by atoms with van der Waals surface area (Å²) in [5.41, 5.74) is 2.39. The van der Waals surface area contributed by atoms with E-state index in [1.54, 1.807) is 0 Å². The molecule has 1 amide bonds. The number of hydrogen-bond acceptors (Lipinski definition) is 2. The zero-order valence-electron chi connectivity index (χ0n) is 15.1. The third kappa shape index (κ3) is 5.88. The first-order valence-corrected chi connectivity index (χ1v) is 8.78. The molecule has 2 aromatic carbocycles. The van der Waals surface area contributed by atoms with E-state index in [0.717, 1.165) is 18.6 Å². The molecule has 4 heteroatoms. The number of carboxylic acid groups (broad SMARTS) is 1. The highest BCUT2D eigenvalue weighted by Crippen LogP contribution is 2.30. The van der Waals surface area contributed by atoms with Gasteiger partial charge < -0.3 is 10.4 Å². The quantitative estimate of drug-likeness (QED) is 0.707. The second-order valence-corrected chi connectivity index (χ2v) is 6.64. The van der Waals surface area contributed by atoms with Gasteiger partial charge in [0.2, 0.25) is 5.91 Å². The lowest BCUT2D eigenvalue weighted by atomic mass is 9.83. The molecule has 4 nitrogen and oxygen atoms in total. The Hall–Kier alpha value is -2.88. The summed E-state index contributed by atoms with van der Waals surface area (Å²) in [4.78, 5) is 22.7. The van der Waals surface area contributed by atoms with E-state index in [2.05, 4.69) is 43.4 Å². The van der Waals surface area contributed by atoms with Crippen molar-refractivity contribution in [3.05, 3.63) is 83.9 Å². The second-order valence-electron chi connectivity index (χ2n) is 6.64. The van der Waals surface area contributed by atoms with Gasteiger partial charge in [-0.2, -0.15) is 0 Å². The number of carbonyl (C=O) groups is 2. The van der Waals surface area contributed by atoms with Crippen molar-refractivity contribution in [2.24, 2.45) is 5.92 Å². The highest BCUT2D eigenvalue weighted by Gasteiger charge is 2.23. The summed E-state index contributed by atoms with van der Waals surface area (Å²) in [6, 6.07) is 20.4. The first-order chi connectivity index (χ1) is 12.5. The van der Waals surface area contributed by atoms with Crippen molar-refractivity contribution in [2.45, 2.75) is 32.2 Å². The van der Waals surface area contributed by atoms with E-state index < -0.39 is 5.97 Å². The number of carboxylic acids is 1. The maximum absolute atomic E-state index is 12.1. The van der Waals surface area contributed by atoms with Gasteiger partial charge in [0.05, 0.1) is 0 Å². The van der Waals surface area contributed by atoms with Crippen LogP contribution in [0.3, 0.4) is 0 Å². The minimum Gasteiger partial charge on any atom is -0.478 e. The van der Waals surface area contributed by atoms with Crippen LogP contribution in [0, 0.1) is 5.92 Å². The highest BCUT2D eigenvalue weighted by molar-refractivity contribution is 5.94. The molecule has 2 rings (SSSR count). The largest absolute Gasteiger partial charge is 0.478 e. The molecule has 0 aliphatic heterocycles. The van der Waals surface area contributed by atoms with Gasteiger partial charge in [-0.15, -0.1) is 0 Å². The van der Waals surface area contributed by atoms with Crippen molar-refractivity contribution in [2.75, 3.05) is 0 Å². The Balaban J connectivity index is 2.23. The SMILES string of the molecule is CC(C)C(CC(c1ccccc1)c1ccccc1)NC(=O)C=CC(=O)O. The summed E-state index contributed by atoms with van der Waals surface area (Å²) in [6.07, 6.45) is 2.66. The maximum Gasteiger partial charge on any atom is 0.328 e. The van der Waals surface area contributed by atoms with E-state index in [0.29, 0.717) is 0 Å². The lowest BCUT2D eigenvalue weighted by Gasteiger charge is -2.27. The zero-order valence-corrected chi connectivity index (χ0v) is 15.1.